The monoisotopic (exact) mass is 303 g/mol. The molecule has 0 spiro atoms. The quantitative estimate of drug-likeness (QED) is 0.858. The third kappa shape index (κ3) is 4.29. The molecule has 0 aliphatic heterocycles. The SMILES string of the molecule is CCCNc1cc(C)ccc1C(=O)NCc1cnc(C)s1. The van der Waals surface area contributed by atoms with Crippen LogP contribution in [0, 0.1) is 13.8 Å². The maximum absolute atomic E-state index is 12.4. The van der Waals surface area contributed by atoms with Gasteiger partial charge in [0.25, 0.3) is 5.91 Å². The van der Waals surface area contributed by atoms with Crippen LogP contribution in [0.15, 0.2) is 24.4 Å². The molecule has 0 radical (unpaired) electrons. The number of aryl methyl sites for hydroxylation is 2. The highest BCUT2D eigenvalue weighted by Crippen LogP contribution is 2.18. The van der Waals surface area contributed by atoms with Gasteiger partial charge in [-0.3, -0.25) is 4.79 Å². The fraction of sp³-hybridized carbons (Fsp3) is 0.375. The van der Waals surface area contributed by atoms with Gasteiger partial charge in [-0.05, 0) is 38.0 Å². The number of carbonyl (C=O) groups is 1. The second-order valence-electron chi connectivity index (χ2n) is 5.00. The first-order valence-corrected chi connectivity index (χ1v) is 7.96. The zero-order valence-corrected chi connectivity index (χ0v) is 13.5. The summed E-state index contributed by atoms with van der Waals surface area (Å²) in [6.07, 6.45) is 2.83. The van der Waals surface area contributed by atoms with Crippen molar-refractivity contribution in [1.82, 2.24) is 10.3 Å². The zero-order chi connectivity index (χ0) is 15.2. The van der Waals surface area contributed by atoms with E-state index in [0.29, 0.717) is 12.1 Å². The van der Waals surface area contributed by atoms with Crippen LogP contribution in [0.25, 0.3) is 0 Å². The lowest BCUT2D eigenvalue weighted by Crippen LogP contribution is -2.23. The molecule has 1 aromatic heterocycles. The molecular weight excluding hydrogens is 282 g/mol. The smallest absolute Gasteiger partial charge is 0.253 e. The number of benzene rings is 1. The van der Waals surface area contributed by atoms with Crippen molar-refractivity contribution in [3.8, 4) is 0 Å². The minimum atomic E-state index is -0.0559. The molecule has 2 rings (SSSR count). The van der Waals surface area contributed by atoms with Crippen molar-refractivity contribution < 1.29 is 4.79 Å². The highest BCUT2D eigenvalue weighted by atomic mass is 32.1. The molecule has 4 nitrogen and oxygen atoms in total. The van der Waals surface area contributed by atoms with E-state index < -0.39 is 0 Å². The van der Waals surface area contributed by atoms with Gasteiger partial charge in [-0.2, -0.15) is 0 Å². The third-order valence-electron chi connectivity index (χ3n) is 3.08. The summed E-state index contributed by atoms with van der Waals surface area (Å²) in [6, 6.07) is 5.85. The van der Waals surface area contributed by atoms with Crippen LogP contribution in [0.4, 0.5) is 5.69 Å². The van der Waals surface area contributed by atoms with Gasteiger partial charge in [-0.15, -0.1) is 11.3 Å². The predicted octanol–water partition coefficient (Wildman–Crippen LogP) is 3.51. The van der Waals surface area contributed by atoms with Crippen molar-refractivity contribution in [3.63, 3.8) is 0 Å². The first-order valence-electron chi connectivity index (χ1n) is 7.14. The number of nitrogens with zero attached hydrogens (tertiary/aromatic N) is 1. The van der Waals surface area contributed by atoms with Crippen molar-refractivity contribution in [2.45, 2.75) is 33.7 Å². The molecule has 1 heterocycles. The molecule has 0 aliphatic carbocycles. The number of carbonyl (C=O) groups excluding carboxylic acids is 1. The lowest BCUT2D eigenvalue weighted by molar-refractivity contribution is 0.0952. The maximum Gasteiger partial charge on any atom is 0.253 e. The van der Waals surface area contributed by atoms with Crippen molar-refractivity contribution in [3.05, 3.63) is 45.4 Å². The number of thiazole rings is 1. The van der Waals surface area contributed by atoms with E-state index >= 15 is 0 Å². The Balaban J connectivity index is 2.07. The fourth-order valence-electron chi connectivity index (χ4n) is 2.01. The van der Waals surface area contributed by atoms with Crippen LogP contribution in [0.1, 0.15) is 39.2 Å². The number of hydrogen-bond donors (Lipinski definition) is 2. The van der Waals surface area contributed by atoms with Gasteiger partial charge in [0.15, 0.2) is 0 Å². The molecular formula is C16H21N3OS. The number of aromatic nitrogens is 1. The molecule has 0 aliphatic rings. The normalized spacial score (nSPS) is 10.4. The van der Waals surface area contributed by atoms with Gasteiger partial charge in [0.2, 0.25) is 0 Å². The minimum Gasteiger partial charge on any atom is -0.384 e. The first kappa shape index (κ1) is 15.5. The molecule has 21 heavy (non-hydrogen) atoms. The summed E-state index contributed by atoms with van der Waals surface area (Å²) in [4.78, 5) is 17.6. The average Bonchev–Trinajstić information content (AvgIpc) is 2.88. The first-order chi connectivity index (χ1) is 10.1. The van der Waals surface area contributed by atoms with E-state index in [9.17, 15) is 4.79 Å². The Morgan fingerprint density at radius 1 is 1.33 bits per heavy atom. The highest BCUT2D eigenvalue weighted by Gasteiger charge is 2.11. The van der Waals surface area contributed by atoms with Gasteiger partial charge in [0.1, 0.15) is 0 Å². The van der Waals surface area contributed by atoms with Gasteiger partial charge in [-0.25, -0.2) is 4.98 Å². The van der Waals surface area contributed by atoms with E-state index in [1.165, 1.54) is 0 Å². The van der Waals surface area contributed by atoms with Crippen molar-refractivity contribution in [2.75, 3.05) is 11.9 Å². The Kier molecular flexibility index (Phi) is 5.33. The van der Waals surface area contributed by atoms with Gasteiger partial charge < -0.3 is 10.6 Å². The maximum atomic E-state index is 12.4. The number of rotatable bonds is 6. The number of anilines is 1. The molecule has 1 amide bonds. The topological polar surface area (TPSA) is 54.0 Å². The second kappa shape index (κ2) is 7.22. The van der Waals surface area contributed by atoms with Gasteiger partial charge in [0.05, 0.1) is 17.1 Å². The molecule has 0 fully saturated rings. The molecule has 2 aromatic rings. The molecule has 1 aromatic carbocycles. The van der Waals surface area contributed by atoms with Crippen LogP contribution in [0.3, 0.4) is 0 Å². The zero-order valence-electron chi connectivity index (χ0n) is 12.7. The number of nitrogens with one attached hydrogen (secondary N) is 2. The van der Waals surface area contributed by atoms with E-state index in [1.54, 1.807) is 11.3 Å². The molecule has 0 saturated heterocycles. The number of hydrogen-bond acceptors (Lipinski definition) is 4. The van der Waals surface area contributed by atoms with Crippen LogP contribution < -0.4 is 10.6 Å². The molecule has 5 heteroatoms. The lowest BCUT2D eigenvalue weighted by Gasteiger charge is -2.12. The molecule has 0 bridgehead atoms. The standard InChI is InChI=1S/C16H21N3OS/c1-4-7-17-15-8-11(2)5-6-14(15)16(20)19-10-13-9-18-12(3)21-13/h5-6,8-9,17H,4,7,10H2,1-3H3,(H,19,20). The van der Waals surface area contributed by atoms with Crippen LogP contribution in [-0.2, 0) is 6.54 Å². The third-order valence-corrected chi connectivity index (χ3v) is 3.99. The molecule has 2 N–H and O–H groups in total. The molecule has 0 unspecified atom stereocenters. The number of amides is 1. The van der Waals surface area contributed by atoms with Crippen LogP contribution >= 0.6 is 11.3 Å². The summed E-state index contributed by atoms with van der Waals surface area (Å²) in [5.41, 5.74) is 2.73. The van der Waals surface area contributed by atoms with E-state index in [2.05, 4.69) is 22.5 Å². The van der Waals surface area contributed by atoms with Crippen molar-refractivity contribution >= 4 is 22.9 Å². The Morgan fingerprint density at radius 2 is 2.14 bits per heavy atom. The molecule has 112 valence electrons. The Labute approximate surface area is 129 Å². The summed E-state index contributed by atoms with van der Waals surface area (Å²) in [7, 11) is 0. The predicted molar refractivity (Wildman–Crippen MR) is 88.0 cm³/mol. The van der Waals surface area contributed by atoms with E-state index in [0.717, 1.165) is 34.1 Å². The minimum absolute atomic E-state index is 0.0559. The average molecular weight is 303 g/mol. The second-order valence-corrected chi connectivity index (χ2v) is 6.32. The van der Waals surface area contributed by atoms with Crippen LogP contribution in [-0.4, -0.2) is 17.4 Å². The van der Waals surface area contributed by atoms with E-state index in [1.807, 2.05) is 38.2 Å². The Morgan fingerprint density at radius 3 is 2.81 bits per heavy atom. The summed E-state index contributed by atoms with van der Waals surface area (Å²) in [5, 5.41) is 7.29. The molecule has 0 saturated carbocycles. The summed E-state index contributed by atoms with van der Waals surface area (Å²) in [5.74, 6) is -0.0559. The Bertz CT molecular complexity index is 622. The van der Waals surface area contributed by atoms with Gasteiger partial charge in [0, 0.05) is 23.3 Å². The largest absolute Gasteiger partial charge is 0.384 e. The van der Waals surface area contributed by atoms with Gasteiger partial charge in [-0.1, -0.05) is 13.0 Å². The fourth-order valence-corrected chi connectivity index (χ4v) is 2.75. The van der Waals surface area contributed by atoms with Crippen molar-refractivity contribution in [1.29, 1.82) is 0 Å². The van der Waals surface area contributed by atoms with Crippen LogP contribution in [0.5, 0.6) is 0 Å². The van der Waals surface area contributed by atoms with Crippen LogP contribution in [0.2, 0.25) is 0 Å². The summed E-state index contributed by atoms with van der Waals surface area (Å²) >= 11 is 1.60. The van der Waals surface area contributed by atoms with Crippen molar-refractivity contribution in [2.24, 2.45) is 0 Å². The molecule has 0 atom stereocenters. The van der Waals surface area contributed by atoms with E-state index in [4.69, 9.17) is 0 Å². The summed E-state index contributed by atoms with van der Waals surface area (Å²) in [6.45, 7) is 7.47. The summed E-state index contributed by atoms with van der Waals surface area (Å²) < 4.78 is 0. The van der Waals surface area contributed by atoms with E-state index in [-0.39, 0.29) is 5.91 Å². The van der Waals surface area contributed by atoms with Gasteiger partial charge >= 0.3 is 0 Å². The highest BCUT2D eigenvalue weighted by molar-refractivity contribution is 7.11. The lowest BCUT2D eigenvalue weighted by atomic mass is 10.1. The Hall–Kier alpha value is -1.88.